The SMILES string of the molecule is Cc1cc(Nc2ncnc3ccc(N4CCN(C(=O)/C=C/C(F)F)[C@H](C)C4)nc23)ccc1Oc1ccc2c(c1)nnn2C. The standard InChI is InChI=1S/C30H29F2N9O2/c1-18-14-20(4-8-25(18)43-21-5-7-24-23(15-21)37-38-39(24)3)35-30-29-22(33-17-34-30)6-10-27(36-29)40-12-13-41(19(2)16-40)28(42)11-9-26(31)32/h4-11,14-15,17,19,26H,12-13,16H2,1-3H3,(H,33,34,35)/b11-9+/t19-/m1/s1. The first-order valence-electron chi connectivity index (χ1n) is 13.7. The van der Waals surface area contributed by atoms with Crippen molar-refractivity contribution in [3.63, 3.8) is 0 Å². The molecule has 1 amide bonds. The van der Waals surface area contributed by atoms with Crippen molar-refractivity contribution >= 4 is 45.3 Å². The Labute approximate surface area is 245 Å². The number of alkyl halides is 2. The normalized spacial score (nSPS) is 15.6. The van der Waals surface area contributed by atoms with Gasteiger partial charge >= 0.3 is 0 Å². The zero-order valence-electron chi connectivity index (χ0n) is 23.8. The number of hydrogen-bond acceptors (Lipinski definition) is 9. The van der Waals surface area contributed by atoms with Gasteiger partial charge < -0.3 is 19.9 Å². The van der Waals surface area contributed by atoms with Gasteiger partial charge in [-0.15, -0.1) is 5.10 Å². The summed E-state index contributed by atoms with van der Waals surface area (Å²) >= 11 is 0. The second-order valence-electron chi connectivity index (χ2n) is 10.4. The van der Waals surface area contributed by atoms with E-state index < -0.39 is 12.3 Å². The predicted molar refractivity (Wildman–Crippen MR) is 159 cm³/mol. The molecule has 5 aromatic rings. The van der Waals surface area contributed by atoms with Gasteiger partial charge in [-0.05, 0) is 68.0 Å². The number of hydrogen-bond donors (Lipinski definition) is 1. The molecule has 13 heteroatoms. The minimum atomic E-state index is -2.66. The average molecular weight is 586 g/mol. The summed E-state index contributed by atoms with van der Waals surface area (Å²) in [5.41, 5.74) is 4.67. The van der Waals surface area contributed by atoms with E-state index in [1.54, 1.807) is 9.58 Å². The number of nitrogens with zero attached hydrogens (tertiary/aromatic N) is 8. The van der Waals surface area contributed by atoms with Gasteiger partial charge in [-0.2, -0.15) is 0 Å². The molecule has 6 rings (SSSR count). The number of rotatable bonds is 7. The third kappa shape index (κ3) is 5.92. The van der Waals surface area contributed by atoms with Crippen molar-refractivity contribution in [2.45, 2.75) is 26.3 Å². The maximum atomic E-state index is 12.5. The molecule has 220 valence electrons. The van der Waals surface area contributed by atoms with Gasteiger partial charge in [0.25, 0.3) is 6.43 Å². The van der Waals surface area contributed by atoms with Crippen LogP contribution in [0.2, 0.25) is 0 Å². The number of allylic oxidation sites excluding steroid dienone is 1. The van der Waals surface area contributed by atoms with Crippen molar-refractivity contribution in [3.05, 3.63) is 72.6 Å². The van der Waals surface area contributed by atoms with E-state index in [0.29, 0.717) is 59.9 Å². The average Bonchev–Trinajstić information content (AvgIpc) is 3.36. The van der Waals surface area contributed by atoms with Crippen LogP contribution in [0.15, 0.2) is 67.0 Å². The van der Waals surface area contributed by atoms with E-state index in [0.717, 1.165) is 28.4 Å². The van der Waals surface area contributed by atoms with Crippen molar-refractivity contribution in [1.29, 1.82) is 0 Å². The number of aromatic nitrogens is 6. The molecule has 0 aliphatic carbocycles. The van der Waals surface area contributed by atoms with Gasteiger partial charge in [-0.25, -0.2) is 28.4 Å². The van der Waals surface area contributed by atoms with Gasteiger partial charge in [0, 0.05) is 50.6 Å². The largest absolute Gasteiger partial charge is 0.457 e. The van der Waals surface area contributed by atoms with Crippen LogP contribution in [0.4, 0.5) is 26.1 Å². The van der Waals surface area contributed by atoms with E-state index in [4.69, 9.17) is 9.72 Å². The van der Waals surface area contributed by atoms with Crippen LogP contribution in [0.1, 0.15) is 12.5 Å². The minimum Gasteiger partial charge on any atom is -0.457 e. The van der Waals surface area contributed by atoms with Crippen LogP contribution in [0.25, 0.3) is 22.1 Å². The Morgan fingerprint density at radius 2 is 1.95 bits per heavy atom. The maximum Gasteiger partial charge on any atom is 0.257 e. The molecule has 1 saturated heterocycles. The molecule has 2 aromatic carbocycles. The lowest BCUT2D eigenvalue weighted by molar-refractivity contribution is -0.128. The molecule has 1 atom stereocenters. The number of aryl methyl sites for hydroxylation is 2. The van der Waals surface area contributed by atoms with E-state index in [1.807, 2.05) is 69.4 Å². The Kier molecular flexibility index (Phi) is 7.53. The molecule has 0 unspecified atom stereocenters. The Morgan fingerprint density at radius 1 is 1.09 bits per heavy atom. The zero-order chi connectivity index (χ0) is 30.1. The first-order chi connectivity index (χ1) is 20.7. The molecule has 0 saturated carbocycles. The Bertz CT molecular complexity index is 1840. The lowest BCUT2D eigenvalue weighted by Gasteiger charge is -2.40. The molecule has 1 fully saturated rings. The molecule has 43 heavy (non-hydrogen) atoms. The van der Waals surface area contributed by atoms with Crippen LogP contribution in [0.5, 0.6) is 11.5 Å². The van der Waals surface area contributed by atoms with Crippen LogP contribution in [-0.2, 0) is 11.8 Å². The third-order valence-electron chi connectivity index (χ3n) is 7.33. The highest BCUT2D eigenvalue weighted by molar-refractivity contribution is 5.89. The number of anilines is 3. The second kappa shape index (κ2) is 11.6. The van der Waals surface area contributed by atoms with Crippen LogP contribution in [0, 0.1) is 6.92 Å². The topological polar surface area (TPSA) is 114 Å². The molecule has 4 heterocycles. The fourth-order valence-corrected chi connectivity index (χ4v) is 5.13. The number of fused-ring (bicyclic) bond motifs is 2. The summed E-state index contributed by atoms with van der Waals surface area (Å²) in [4.78, 5) is 29.7. The van der Waals surface area contributed by atoms with Crippen LogP contribution in [-0.4, -0.2) is 72.9 Å². The number of halogens is 2. The Hall–Kier alpha value is -5.20. The number of piperazine rings is 1. The van der Waals surface area contributed by atoms with Crippen molar-refractivity contribution in [1.82, 2.24) is 34.8 Å². The number of carbonyl (C=O) groups is 1. The fourth-order valence-electron chi connectivity index (χ4n) is 5.13. The zero-order valence-corrected chi connectivity index (χ0v) is 23.8. The highest BCUT2D eigenvalue weighted by Gasteiger charge is 2.27. The van der Waals surface area contributed by atoms with Crippen molar-refractivity contribution in [2.24, 2.45) is 7.05 Å². The summed E-state index contributed by atoms with van der Waals surface area (Å²) in [7, 11) is 1.84. The van der Waals surface area contributed by atoms with Crippen molar-refractivity contribution < 1.29 is 18.3 Å². The van der Waals surface area contributed by atoms with Gasteiger partial charge in [0.1, 0.15) is 34.7 Å². The molecular formula is C30H29F2N9O2. The Morgan fingerprint density at radius 3 is 2.74 bits per heavy atom. The monoisotopic (exact) mass is 585 g/mol. The van der Waals surface area contributed by atoms with Crippen molar-refractivity contribution in [3.8, 4) is 11.5 Å². The summed E-state index contributed by atoms with van der Waals surface area (Å²) in [6.07, 6.45) is 0.384. The smallest absolute Gasteiger partial charge is 0.257 e. The molecule has 0 spiro atoms. The predicted octanol–water partition coefficient (Wildman–Crippen LogP) is 5.01. The van der Waals surface area contributed by atoms with Crippen LogP contribution >= 0.6 is 0 Å². The van der Waals surface area contributed by atoms with E-state index in [2.05, 4.69) is 30.5 Å². The Balaban J connectivity index is 1.18. The summed E-state index contributed by atoms with van der Waals surface area (Å²) in [5.74, 6) is 2.22. The molecule has 0 radical (unpaired) electrons. The summed E-state index contributed by atoms with van der Waals surface area (Å²) in [6, 6.07) is 15.0. The first-order valence-corrected chi connectivity index (χ1v) is 13.7. The molecular weight excluding hydrogens is 556 g/mol. The quantitative estimate of drug-likeness (QED) is 0.263. The first kappa shape index (κ1) is 27.9. The number of ether oxygens (including phenoxy) is 1. The highest BCUT2D eigenvalue weighted by atomic mass is 19.3. The number of amides is 1. The van der Waals surface area contributed by atoms with E-state index in [-0.39, 0.29) is 6.04 Å². The molecule has 1 aliphatic heterocycles. The number of pyridine rings is 1. The second-order valence-corrected chi connectivity index (χ2v) is 10.4. The van der Waals surface area contributed by atoms with Gasteiger partial charge in [0.2, 0.25) is 5.91 Å². The third-order valence-corrected chi connectivity index (χ3v) is 7.33. The lowest BCUT2D eigenvalue weighted by atomic mass is 10.1. The van der Waals surface area contributed by atoms with Gasteiger partial charge in [-0.1, -0.05) is 5.21 Å². The minimum absolute atomic E-state index is 0.183. The van der Waals surface area contributed by atoms with E-state index in [1.165, 1.54) is 6.33 Å². The van der Waals surface area contributed by atoms with Crippen LogP contribution in [0.3, 0.4) is 0 Å². The highest BCUT2D eigenvalue weighted by Crippen LogP contribution is 2.31. The lowest BCUT2D eigenvalue weighted by Crippen LogP contribution is -2.54. The molecule has 11 nitrogen and oxygen atoms in total. The van der Waals surface area contributed by atoms with Gasteiger partial charge in [-0.3, -0.25) is 4.79 Å². The molecule has 3 aromatic heterocycles. The summed E-state index contributed by atoms with van der Waals surface area (Å²) in [6.45, 7) is 5.27. The molecule has 1 N–H and O–H groups in total. The van der Waals surface area contributed by atoms with E-state index in [9.17, 15) is 13.6 Å². The van der Waals surface area contributed by atoms with Gasteiger partial charge in [0.05, 0.1) is 11.0 Å². The number of carbonyl (C=O) groups excluding carboxylic acids is 1. The van der Waals surface area contributed by atoms with Crippen molar-refractivity contribution in [2.75, 3.05) is 29.9 Å². The number of benzene rings is 2. The summed E-state index contributed by atoms with van der Waals surface area (Å²) in [5, 5.41) is 11.5. The number of nitrogens with one attached hydrogen (secondary N) is 1. The fraction of sp³-hybridized carbons (Fsp3) is 0.267. The molecule has 1 aliphatic rings. The van der Waals surface area contributed by atoms with Gasteiger partial charge in [0.15, 0.2) is 5.82 Å². The van der Waals surface area contributed by atoms with E-state index >= 15 is 0 Å². The molecule has 0 bridgehead atoms. The summed E-state index contributed by atoms with van der Waals surface area (Å²) < 4.78 is 32.8. The maximum absolute atomic E-state index is 12.5. The van der Waals surface area contributed by atoms with Crippen LogP contribution < -0.4 is 15.0 Å².